The number of fused-ring (bicyclic) bond motifs is 2. The van der Waals surface area contributed by atoms with Crippen LogP contribution in [0, 0.1) is 22.1 Å². The second-order valence-electron chi connectivity index (χ2n) is 12.3. The molecule has 1 aromatic heterocycles. The maximum Gasteiger partial charge on any atom is 0.227 e. The number of aromatic nitrogens is 1. The van der Waals surface area contributed by atoms with Crippen molar-refractivity contribution in [3.05, 3.63) is 187 Å². The molecule has 51 heavy (non-hydrogen) atoms. The molecule has 1 heterocycles. The van der Waals surface area contributed by atoms with Crippen molar-refractivity contribution in [1.29, 1.82) is 16.1 Å². The topological polar surface area (TPSA) is 97.5 Å². The van der Waals surface area contributed by atoms with Crippen LogP contribution < -0.4 is 0 Å². The minimum atomic E-state index is 0.347. The first-order chi connectivity index (χ1) is 25.0. The molecule has 8 aromatic rings. The Morgan fingerprint density at radius 1 is 0.569 bits per heavy atom. The van der Waals surface area contributed by atoms with Crippen LogP contribution in [0.1, 0.15) is 16.7 Å². The fourth-order valence-corrected chi connectivity index (χ4v) is 6.43. The number of allylic oxidation sites excluding steroid dienone is 2. The van der Waals surface area contributed by atoms with E-state index in [0.717, 1.165) is 66.4 Å². The highest BCUT2D eigenvalue weighted by atomic mass is 16.3. The second kappa shape index (κ2) is 13.4. The van der Waals surface area contributed by atoms with Crippen LogP contribution in [0.3, 0.4) is 0 Å². The molecular weight excluding hydrogens is 625 g/mol. The third-order valence-corrected chi connectivity index (χ3v) is 9.05. The Morgan fingerprint density at radius 3 is 2.04 bits per heavy atom. The van der Waals surface area contributed by atoms with Gasteiger partial charge in [-0.15, -0.1) is 0 Å². The summed E-state index contributed by atoms with van der Waals surface area (Å²) in [6.45, 7) is 0. The fraction of sp³-hybridized carbons (Fsp3) is 0. The number of hydrogen-bond donors (Lipinski definition) is 2. The quantitative estimate of drug-likeness (QED) is 0.160. The van der Waals surface area contributed by atoms with E-state index in [2.05, 4.69) is 78.9 Å². The maximum atomic E-state index is 9.33. The van der Waals surface area contributed by atoms with Gasteiger partial charge in [-0.05, 0) is 104 Å². The van der Waals surface area contributed by atoms with E-state index in [9.17, 15) is 5.26 Å². The van der Waals surface area contributed by atoms with Crippen molar-refractivity contribution < 1.29 is 4.42 Å². The molecule has 0 aliphatic heterocycles. The minimum absolute atomic E-state index is 0.347. The predicted octanol–water partition coefficient (Wildman–Crippen LogP) is 11.5. The van der Waals surface area contributed by atoms with E-state index >= 15 is 0 Å². The summed E-state index contributed by atoms with van der Waals surface area (Å²) in [6.07, 6.45) is 3.36. The highest BCUT2D eigenvalue weighted by Crippen LogP contribution is 2.40. The van der Waals surface area contributed by atoms with E-state index in [0.29, 0.717) is 28.5 Å². The molecule has 5 nitrogen and oxygen atoms in total. The molecule has 8 rings (SSSR count). The van der Waals surface area contributed by atoms with Gasteiger partial charge in [-0.3, -0.25) is 0 Å². The summed E-state index contributed by atoms with van der Waals surface area (Å²) in [5.41, 5.74) is 11.5. The van der Waals surface area contributed by atoms with Crippen LogP contribution in [-0.4, -0.2) is 16.4 Å². The first kappa shape index (κ1) is 31.1. The van der Waals surface area contributed by atoms with Gasteiger partial charge in [-0.2, -0.15) is 5.26 Å². The molecule has 0 amide bonds. The van der Waals surface area contributed by atoms with Crippen LogP contribution in [0.4, 0.5) is 0 Å². The molecule has 0 spiro atoms. The molecule has 0 saturated carbocycles. The highest BCUT2D eigenvalue weighted by Gasteiger charge is 2.15. The predicted molar refractivity (Wildman–Crippen MR) is 207 cm³/mol. The number of nitrogens with zero attached hydrogens (tertiary/aromatic N) is 2. The Bertz CT molecular complexity index is 2680. The average molecular weight is 655 g/mol. The lowest BCUT2D eigenvalue weighted by Gasteiger charge is -2.15. The van der Waals surface area contributed by atoms with Crippen molar-refractivity contribution in [1.82, 2.24) is 4.98 Å². The van der Waals surface area contributed by atoms with E-state index in [1.807, 2.05) is 72.8 Å². The van der Waals surface area contributed by atoms with Crippen LogP contribution in [-0.2, 0) is 0 Å². The zero-order chi connectivity index (χ0) is 34.7. The van der Waals surface area contributed by atoms with Gasteiger partial charge in [0.05, 0.1) is 23.1 Å². The molecule has 5 heteroatoms. The Morgan fingerprint density at radius 2 is 1.24 bits per heavy atom. The number of oxazole rings is 1. The van der Waals surface area contributed by atoms with E-state index in [1.54, 1.807) is 24.3 Å². The van der Waals surface area contributed by atoms with Gasteiger partial charge in [0, 0.05) is 5.56 Å². The molecule has 0 radical (unpaired) electrons. The van der Waals surface area contributed by atoms with Crippen LogP contribution in [0.15, 0.2) is 174 Å². The van der Waals surface area contributed by atoms with Crippen molar-refractivity contribution in [2.75, 3.05) is 0 Å². The van der Waals surface area contributed by atoms with Crippen molar-refractivity contribution in [3.8, 4) is 50.9 Å². The Kier molecular flexibility index (Phi) is 8.17. The van der Waals surface area contributed by atoms with Gasteiger partial charge < -0.3 is 15.2 Å². The summed E-state index contributed by atoms with van der Waals surface area (Å²) < 4.78 is 6.06. The fourth-order valence-electron chi connectivity index (χ4n) is 6.43. The number of benzene rings is 7. The van der Waals surface area contributed by atoms with Crippen LogP contribution in [0.5, 0.6) is 0 Å². The normalized spacial score (nSPS) is 11.2. The summed E-state index contributed by atoms with van der Waals surface area (Å²) in [6, 6.07) is 54.5. The maximum absolute atomic E-state index is 9.33. The van der Waals surface area contributed by atoms with Gasteiger partial charge in [0.25, 0.3) is 0 Å². The standard InChI is InChI=1S/C46H30N4O/c47-29-30-8-6-14-38(26-30)46-50-43-28-36(21-25-44(43)51-46)35-12-7-13-37(27-35)40-22-20-31-9-4-5-15-39(31)45(40)34-18-16-33(17-19-34)42(49)24-23-41(48)32-10-2-1-3-11-32/h1-28,48-49H/b24-23-,48-41?,49-42?. The van der Waals surface area contributed by atoms with Gasteiger partial charge in [-0.1, -0.05) is 121 Å². The molecule has 0 aliphatic rings. The van der Waals surface area contributed by atoms with Gasteiger partial charge in [0.1, 0.15) is 5.52 Å². The van der Waals surface area contributed by atoms with Crippen LogP contribution in [0.2, 0.25) is 0 Å². The molecule has 0 aliphatic carbocycles. The first-order valence-corrected chi connectivity index (χ1v) is 16.6. The van der Waals surface area contributed by atoms with Gasteiger partial charge in [0.2, 0.25) is 5.89 Å². The summed E-state index contributed by atoms with van der Waals surface area (Å²) in [4.78, 5) is 4.76. The van der Waals surface area contributed by atoms with Gasteiger partial charge in [-0.25, -0.2) is 4.98 Å². The van der Waals surface area contributed by atoms with Crippen LogP contribution >= 0.6 is 0 Å². The molecule has 2 N–H and O–H groups in total. The largest absolute Gasteiger partial charge is 0.436 e. The number of nitrogens with one attached hydrogen (secondary N) is 2. The van der Waals surface area contributed by atoms with Crippen molar-refractivity contribution in [2.45, 2.75) is 0 Å². The van der Waals surface area contributed by atoms with Gasteiger partial charge in [0.15, 0.2) is 5.58 Å². The summed E-state index contributed by atoms with van der Waals surface area (Å²) >= 11 is 0. The smallest absolute Gasteiger partial charge is 0.227 e. The second-order valence-corrected chi connectivity index (χ2v) is 12.3. The summed E-state index contributed by atoms with van der Waals surface area (Å²) in [5.74, 6) is 0.484. The minimum Gasteiger partial charge on any atom is -0.436 e. The average Bonchev–Trinajstić information content (AvgIpc) is 3.64. The Hall–Kier alpha value is -7.16. The third-order valence-electron chi connectivity index (χ3n) is 9.05. The molecular formula is C46H30N4O. The van der Waals surface area contributed by atoms with Crippen molar-refractivity contribution in [2.24, 2.45) is 0 Å². The van der Waals surface area contributed by atoms with E-state index in [-0.39, 0.29) is 0 Å². The zero-order valence-electron chi connectivity index (χ0n) is 27.5. The van der Waals surface area contributed by atoms with E-state index in [1.165, 1.54) is 0 Å². The number of hydrogen-bond acceptors (Lipinski definition) is 5. The third kappa shape index (κ3) is 6.26. The number of nitriles is 1. The molecule has 0 bridgehead atoms. The van der Waals surface area contributed by atoms with E-state index in [4.69, 9.17) is 20.2 Å². The highest BCUT2D eigenvalue weighted by molar-refractivity contribution is 6.14. The summed E-state index contributed by atoms with van der Waals surface area (Å²) in [7, 11) is 0. The van der Waals surface area contributed by atoms with Gasteiger partial charge >= 0.3 is 0 Å². The molecule has 7 aromatic carbocycles. The van der Waals surface area contributed by atoms with E-state index < -0.39 is 0 Å². The van der Waals surface area contributed by atoms with Crippen molar-refractivity contribution in [3.63, 3.8) is 0 Å². The zero-order valence-corrected chi connectivity index (χ0v) is 27.5. The lowest BCUT2D eigenvalue weighted by molar-refractivity contribution is 0.620. The Labute approximate surface area is 295 Å². The molecule has 0 saturated heterocycles. The molecule has 240 valence electrons. The first-order valence-electron chi connectivity index (χ1n) is 16.6. The lowest BCUT2D eigenvalue weighted by atomic mass is 9.88. The molecule has 0 fully saturated rings. The SMILES string of the molecule is N#Cc1cccc(-c2nc3cc(-c4cccc(-c5ccc6ccccc6c5-c5ccc(C(=N)/C=C\C(=N)c6ccccc6)cc5)c4)ccc3o2)c1. The summed E-state index contributed by atoms with van der Waals surface area (Å²) in [5, 5.41) is 28.7. The Balaban J connectivity index is 1.13. The van der Waals surface area contributed by atoms with Crippen LogP contribution in [0.25, 0.3) is 66.7 Å². The van der Waals surface area contributed by atoms with Crippen molar-refractivity contribution >= 4 is 33.3 Å². The molecule has 0 unspecified atom stereocenters. The monoisotopic (exact) mass is 654 g/mol. The lowest BCUT2D eigenvalue weighted by Crippen LogP contribution is -1.98. The molecule has 0 atom stereocenters. The number of rotatable bonds is 8.